The van der Waals surface area contributed by atoms with Crippen molar-refractivity contribution >= 4 is 21.9 Å². The number of hydrogen-bond donors (Lipinski definition) is 1. The van der Waals surface area contributed by atoms with Crippen molar-refractivity contribution < 1.29 is 27.9 Å². The van der Waals surface area contributed by atoms with E-state index in [1.807, 2.05) is 0 Å². The van der Waals surface area contributed by atoms with Gasteiger partial charge in [-0.1, -0.05) is 12.1 Å². The van der Waals surface area contributed by atoms with E-state index >= 15 is 0 Å². The van der Waals surface area contributed by atoms with Gasteiger partial charge in [0.05, 0.1) is 11.5 Å². The van der Waals surface area contributed by atoms with E-state index in [2.05, 4.69) is 0 Å². The van der Waals surface area contributed by atoms with Crippen LogP contribution in [0.15, 0.2) is 29.2 Å². The van der Waals surface area contributed by atoms with Gasteiger partial charge in [0.2, 0.25) is 15.9 Å². The Labute approximate surface area is 159 Å². The van der Waals surface area contributed by atoms with E-state index in [1.54, 1.807) is 24.3 Å². The van der Waals surface area contributed by atoms with Gasteiger partial charge in [0, 0.05) is 33.2 Å². The molecule has 27 heavy (non-hydrogen) atoms. The molecule has 1 heterocycles. The number of nitrogens with zero attached hydrogens (tertiary/aromatic N) is 2. The fourth-order valence-corrected chi connectivity index (χ4v) is 4.49. The van der Waals surface area contributed by atoms with E-state index in [1.165, 1.54) is 16.3 Å². The van der Waals surface area contributed by atoms with Gasteiger partial charge in [0.15, 0.2) is 0 Å². The van der Waals surface area contributed by atoms with Gasteiger partial charge >= 0.3 is 5.97 Å². The van der Waals surface area contributed by atoms with Gasteiger partial charge < -0.3 is 14.7 Å². The fraction of sp³-hybridized carbons (Fsp3) is 0.556. The van der Waals surface area contributed by atoms with E-state index in [0.717, 1.165) is 18.4 Å². The SMILES string of the molecule is COCCN(CC(=O)O)C(=O)CCc1ccc(S(=O)(=O)N2CCCC2)cc1. The van der Waals surface area contributed by atoms with Crippen LogP contribution in [0.5, 0.6) is 0 Å². The summed E-state index contributed by atoms with van der Waals surface area (Å²) in [5.74, 6) is -1.35. The molecule has 0 saturated carbocycles. The zero-order chi connectivity index (χ0) is 19.9. The lowest BCUT2D eigenvalue weighted by Crippen LogP contribution is -2.38. The van der Waals surface area contributed by atoms with Crippen LogP contribution in [-0.4, -0.2) is 74.5 Å². The summed E-state index contributed by atoms with van der Waals surface area (Å²) < 4.78 is 31.4. The molecule has 1 fully saturated rings. The predicted molar refractivity (Wildman–Crippen MR) is 98.8 cm³/mol. The zero-order valence-corrected chi connectivity index (χ0v) is 16.3. The van der Waals surface area contributed by atoms with E-state index in [-0.39, 0.29) is 36.9 Å². The Hall–Kier alpha value is -1.97. The first-order chi connectivity index (χ1) is 12.8. The van der Waals surface area contributed by atoms with Gasteiger partial charge in [-0.3, -0.25) is 9.59 Å². The number of aliphatic carboxylic acids is 1. The summed E-state index contributed by atoms with van der Waals surface area (Å²) in [6, 6.07) is 6.53. The average Bonchev–Trinajstić information content (AvgIpc) is 3.19. The third kappa shape index (κ3) is 6.02. The fourth-order valence-electron chi connectivity index (χ4n) is 2.97. The number of carbonyl (C=O) groups excluding carboxylic acids is 1. The highest BCUT2D eigenvalue weighted by molar-refractivity contribution is 7.89. The Bertz CT molecular complexity index is 742. The number of benzene rings is 1. The molecule has 2 rings (SSSR count). The highest BCUT2D eigenvalue weighted by Gasteiger charge is 2.26. The Morgan fingerprint density at radius 3 is 2.37 bits per heavy atom. The van der Waals surface area contributed by atoms with Crippen LogP contribution in [0.1, 0.15) is 24.8 Å². The highest BCUT2D eigenvalue weighted by atomic mass is 32.2. The number of carboxylic acids is 1. The molecule has 0 aliphatic carbocycles. The van der Waals surface area contributed by atoms with Crippen molar-refractivity contribution in [2.24, 2.45) is 0 Å². The normalized spacial score (nSPS) is 15.0. The number of amides is 1. The second-order valence-corrected chi connectivity index (χ2v) is 8.39. The Balaban J connectivity index is 1.95. The van der Waals surface area contributed by atoms with Crippen LogP contribution in [0.2, 0.25) is 0 Å². The maximum atomic E-state index is 12.5. The molecule has 9 heteroatoms. The van der Waals surface area contributed by atoms with Crippen molar-refractivity contribution in [2.45, 2.75) is 30.6 Å². The number of sulfonamides is 1. The van der Waals surface area contributed by atoms with Crippen LogP contribution in [0.25, 0.3) is 0 Å². The minimum atomic E-state index is -3.44. The van der Waals surface area contributed by atoms with Gasteiger partial charge in [-0.05, 0) is 37.0 Å². The Kier molecular flexibility index (Phi) is 7.76. The van der Waals surface area contributed by atoms with E-state index in [4.69, 9.17) is 9.84 Å². The molecule has 0 radical (unpaired) electrons. The average molecular weight is 398 g/mol. The van der Waals surface area contributed by atoms with Crippen LogP contribution in [-0.2, 0) is 30.8 Å². The summed E-state index contributed by atoms with van der Waals surface area (Å²) in [7, 11) is -1.96. The molecular formula is C18H26N2O6S. The number of hydrogen-bond acceptors (Lipinski definition) is 5. The molecule has 1 N–H and O–H groups in total. The van der Waals surface area contributed by atoms with Gasteiger partial charge in [0.25, 0.3) is 0 Å². The summed E-state index contributed by atoms with van der Waals surface area (Å²) in [5, 5.41) is 8.92. The van der Waals surface area contributed by atoms with E-state index in [9.17, 15) is 18.0 Å². The summed E-state index contributed by atoms with van der Waals surface area (Å²) in [6.07, 6.45) is 2.33. The number of carboxylic acid groups (broad SMARTS) is 1. The van der Waals surface area contributed by atoms with Crippen LogP contribution < -0.4 is 0 Å². The zero-order valence-electron chi connectivity index (χ0n) is 15.5. The molecule has 1 amide bonds. The van der Waals surface area contributed by atoms with Gasteiger partial charge in [-0.25, -0.2) is 8.42 Å². The van der Waals surface area contributed by atoms with Crippen molar-refractivity contribution in [1.82, 2.24) is 9.21 Å². The second kappa shape index (κ2) is 9.82. The summed E-state index contributed by atoms with van der Waals surface area (Å²) in [5.41, 5.74) is 0.825. The van der Waals surface area contributed by atoms with Crippen molar-refractivity contribution in [3.8, 4) is 0 Å². The first-order valence-electron chi connectivity index (χ1n) is 8.92. The van der Waals surface area contributed by atoms with Gasteiger partial charge in [0.1, 0.15) is 6.54 Å². The molecule has 0 spiro atoms. The smallest absolute Gasteiger partial charge is 0.323 e. The summed E-state index contributed by atoms with van der Waals surface area (Å²) in [4.78, 5) is 24.7. The molecule has 1 aliphatic heterocycles. The minimum absolute atomic E-state index is 0.148. The molecule has 0 unspecified atom stereocenters. The van der Waals surface area contributed by atoms with E-state index < -0.39 is 16.0 Å². The van der Waals surface area contributed by atoms with Crippen molar-refractivity contribution in [3.05, 3.63) is 29.8 Å². The molecule has 0 aromatic heterocycles. The number of ether oxygens (including phenoxy) is 1. The third-order valence-corrected chi connectivity index (χ3v) is 6.41. The molecule has 1 aliphatic rings. The first-order valence-corrected chi connectivity index (χ1v) is 10.4. The standard InChI is InChI=1S/C18H26N2O6S/c1-26-13-12-19(14-18(22)23)17(21)9-6-15-4-7-16(8-5-15)27(24,25)20-10-2-3-11-20/h4-5,7-8H,2-3,6,9-14H2,1H3,(H,22,23). The Morgan fingerprint density at radius 2 is 1.81 bits per heavy atom. The molecule has 8 nitrogen and oxygen atoms in total. The second-order valence-electron chi connectivity index (χ2n) is 6.46. The van der Waals surface area contributed by atoms with Crippen molar-refractivity contribution in [2.75, 3.05) is 39.9 Å². The number of rotatable bonds is 10. The predicted octanol–water partition coefficient (Wildman–Crippen LogP) is 0.963. The summed E-state index contributed by atoms with van der Waals surface area (Å²) in [6.45, 7) is 1.23. The lowest BCUT2D eigenvalue weighted by atomic mass is 10.1. The van der Waals surface area contributed by atoms with Gasteiger partial charge in [-0.2, -0.15) is 4.31 Å². The molecular weight excluding hydrogens is 372 g/mol. The van der Waals surface area contributed by atoms with Crippen molar-refractivity contribution in [3.63, 3.8) is 0 Å². The molecule has 1 aromatic rings. The van der Waals surface area contributed by atoms with E-state index in [0.29, 0.717) is 19.5 Å². The summed E-state index contributed by atoms with van der Waals surface area (Å²) >= 11 is 0. The number of aryl methyl sites for hydroxylation is 1. The molecule has 0 bridgehead atoms. The molecule has 0 atom stereocenters. The Morgan fingerprint density at radius 1 is 1.19 bits per heavy atom. The van der Waals surface area contributed by atoms with Crippen LogP contribution in [0.4, 0.5) is 0 Å². The maximum Gasteiger partial charge on any atom is 0.323 e. The van der Waals surface area contributed by atoms with Gasteiger partial charge in [-0.15, -0.1) is 0 Å². The van der Waals surface area contributed by atoms with Crippen LogP contribution in [0.3, 0.4) is 0 Å². The quantitative estimate of drug-likeness (QED) is 0.630. The highest BCUT2D eigenvalue weighted by Crippen LogP contribution is 2.21. The molecule has 150 valence electrons. The minimum Gasteiger partial charge on any atom is -0.480 e. The lowest BCUT2D eigenvalue weighted by Gasteiger charge is -2.20. The molecule has 1 saturated heterocycles. The monoisotopic (exact) mass is 398 g/mol. The topological polar surface area (TPSA) is 104 Å². The third-order valence-electron chi connectivity index (χ3n) is 4.50. The van der Waals surface area contributed by atoms with Crippen LogP contribution in [0, 0.1) is 0 Å². The number of carbonyl (C=O) groups is 2. The van der Waals surface area contributed by atoms with Crippen molar-refractivity contribution in [1.29, 1.82) is 0 Å². The molecule has 1 aromatic carbocycles. The number of methoxy groups -OCH3 is 1. The largest absolute Gasteiger partial charge is 0.480 e. The first kappa shape index (κ1) is 21.3. The lowest BCUT2D eigenvalue weighted by molar-refractivity contribution is -0.144. The van der Waals surface area contributed by atoms with Crippen LogP contribution >= 0.6 is 0 Å². The maximum absolute atomic E-state index is 12.5.